The quantitative estimate of drug-likeness (QED) is 0.775. The summed E-state index contributed by atoms with van der Waals surface area (Å²) in [6.45, 7) is 1.78. The van der Waals surface area contributed by atoms with Crippen molar-refractivity contribution in [3.63, 3.8) is 0 Å². The van der Waals surface area contributed by atoms with Gasteiger partial charge in [0, 0.05) is 22.5 Å². The number of hydrogen-bond donors (Lipinski definition) is 1. The van der Waals surface area contributed by atoms with E-state index in [1.54, 1.807) is 0 Å². The molecule has 4 heteroatoms. The Morgan fingerprint density at radius 1 is 1.17 bits per heavy atom. The van der Waals surface area contributed by atoms with Crippen molar-refractivity contribution in [2.45, 2.75) is 25.8 Å². The summed E-state index contributed by atoms with van der Waals surface area (Å²) in [5.41, 5.74) is 1.06. The van der Waals surface area contributed by atoms with Crippen LogP contribution in [-0.4, -0.2) is 12.4 Å². The maximum atomic E-state index is 6.13. The second kappa shape index (κ2) is 7.00. The van der Waals surface area contributed by atoms with Gasteiger partial charge in [-0.15, -0.1) is 11.6 Å². The first-order chi connectivity index (χ1) is 8.70. The first kappa shape index (κ1) is 14.5. The first-order valence-electron chi connectivity index (χ1n) is 6.41. The molecule has 100 valence electrons. The minimum absolute atomic E-state index is 0.675. The maximum Gasteiger partial charge on any atom is 0.0451 e. The molecule has 1 aliphatic carbocycles. The molecule has 0 saturated heterocycles. The van der Waals surface area contributed by atoms with E-state index in [4.69, 9.17) is 34.8 Å². The summed E-state index contributed by atoms with van der Waals surface area (Å²) >= 11 is 18.1. The molecule has 0 amide bonds. The highest BCUT2D eigenvalue weighted by atomic mass is 35.5. The summed E-state index contributed by atoms with van der Waals surface area (Å²) < 4.78 is 0. The number of halogens is 3. The van der Waals surface area contributed by atoms with E-state index in [9.17, 15) is 0 Å². The van der Waals surface area contributed by atoms with Crippen LogP contribution >= 0.6 is 34.8 Å². The van der Waals surface area contributed by atoms with Gasteiger partial charge >= 0.3 is 0 Å². The summed E-state index contributed by atoms with van der Waals surface area (Å²) in [5.74, 6) is 2.17. The predicted molar refractivity (Wildman–Crippen MR) is 79.7 cm³/mol. The molecule has 2 unspecified atom stereocenters. The van der Waals surface area contributed by atoms with Gasteiger partial charge in [0.25, 0.3) is 0 Å². The van der Waals surface area contributed by atoms with Crippen LogP contribution in [0.3, 0.4) is 0 Å². The Balaban J connectivity index is 1.83. The normalized spacial score (nSPS) is 23.5. The van der Waals surface area contributed by atoms with Crippen molar-refractivity contribution in [2.24, 2.45) is 11.8 Å². The molecule has 0 spiro atoms. The lowest BCUT2D eigenvalue weighted by Gasteiger charge is -2.18. The predicted octanol–water partition coefficient (Wildman–Crippen LogP) is 4.74. The molecule has 18 heavy (non-hydrogen) atoms. The lowest BCUT2D eigenvalue weighted by atomic mass is 9.98. The van der Waals surface area contributed by atoms with E-state index in [0.717, 1.165) is 34.6 Å². The Labute approximate surface area is 124 Å². The van der Waals surface area contributed by atoms with Gasteiger partial charge < -0.3 is 5.32 Å². The number of rotatable bonds is 5. The van der Waals surface area contributed by atoms with Gasteiger partial charge in [0.1, 0.15) is 0 Å². The van der Waals surface area contributed by atoms with Gasteiger partial charge in [0.2, 0.25) is 0 Å². The Bertz CT molecular complexity index is 395. The molecule has 0 bridgehead atoms. The highest BCUT2D eigenvalue weighted by molar-refractivity contribution is 6.33. The summed E-state index contributed by atoms with van der Waals surface area (Å²) in [5, 5.41) is 4.98. The minimum Gasteiger partial charge on any atom is -0.312 e. The van der Waals surface area contributed by atoms with Crippen molar-refractivity contribution >= 4 is 34.8 Å². The van der Waals surface area contributed by atoms with Crippen molar-refractivity contribution in [1.82, 2.24) is 5.32 Å². The molecule has 1 aromatic carbocycles. The molecule has 1 N–H and O–H groups in total. The minimum atomic E-state index is 0.675. The van der Waals surface area contributed by atoms with Gasteiger partial charge in [-0.05, 0) is 55.0 Å². The van der Waals surface area contributed by atoms with Gasteiger partial charge in [-0.1, -0.05) is 29.6 Å². The van der Waals surface area contributed by atoms with E-state index in [-0.39, 0.29) is 0 Å². The summed E-state index contributed by atoms with van der Waals surface area (Å²) in [6, 6.07) is 5.58. The summed E-state index contributed by atoms with van der Waals surface area (Å²) in [4.78, 5) is 0. The molecule has 0 aliphatic heterocycles. The third-order valence-electron chi connectivity index (χ3n) is 3.74. The van der Waals surface area contributed by atoms with Crippen LogP contribution in [0.2, 0.25) is 10.0 Å². The molecule has 1 fully saturated rings. The smallest absolute Gasteiger partial charge is 0.0451 e. The van der Waals surface area contributed by atoms with E-state index in [1.165, 1.54) is 19.3 Å². The number of hydrogen-bond acceptors (Lipinski definition) is 1. The monoisotopic (exact) mass is 305 g/mol. The van der Waals surface area contributed by atoms with Crippen LogP contribution in [0.25, 0.3) is 0 Å². The van der Waals surface area contributed by atoms with Crippen molar-refractivity contribution in [3.8, 4) is 0 Å². The largest absolute Gasteiger partial charge is 0.312 e. The van der Waals surface area contributed by atoms with E-state index >= 15 is 0 Å². The average Bonchev–Trinajstić information content (AvgIpc) is 2.81. The molecule has 1 aliphatic rings. The van der Waals surface area contributed by atoms with E-state index in [0.29, 0.717) is 11.8 Å². The van der Waals surface area contributed by atoms with Crippen molar-refractivity contribution in [3.05, 3.63) is 33.8 Å². The molecular formula is C14H18Cl3N. The zero-order valence-corrected chi connectivity index (χ0v) is 12.5. The molecule has 2 rings (SSSR count). The van der Waals surface area contributed by atoms with Crippen molar-refractivity contribution in [2.75, 3.05) is 12.4 Å². The SMILES string of the molecule is ClCC1CCCC1CNCc1cc(Cl)ccc1Cl. The fourth-order valence-corrected chi connectivity index (χ4v) is 3.44. The lowest BCUT2D eigenvalue weighted by molar-refractivity contribution is 0.395. The van der Waals surface area contributed by atoms with Crippen LogP contribution in [0, 0.1) is 11.8 Å². The maximum absolute atomic E-state index is 6.13. The van der Waals surface area contributed by atoms with Crippen LogP contribution in [0.1, 0.15) is 24.8 Å². The van der Waals surface area contributed by atoms with Gasteiger partial charge in [-0.3, -0.25) is 0 Å². The van der Waals surface area contributed by atoms with Crippen LogP contribution < -0.4 is 5.32 Å². The third kappa shape index (κ3) is 3.77. The molecule has 1 nitrogen and oxygen atoms in total. The second-order valence-electron chi connectivity index (χ2n) is 4.97. The second-order valence-corrected chi connectivity index (χ2v) is 6.12. The number of nitrogens with one attached hydrogen (secondary N) is 1. The van der Waals surface area contributed by atoms with Crippen molar-refractivity contribution in [1.29, 1.82) is 0 Å². The summed E-state index contributed by atoms with van der Waals surface area (Å²) in [7, 11) is 0. The average molecular weight is 307 g/mol. The molecule has 0 heterocycles. The molecular weight excluding hydrogens is 289 g/mol. The van der Waals surface area contributed by atoms with Crippen LogP contribution in [0.15, 0.2) is 18.2 Å². The van der Waals surface area contributed by atoms with Gasteiger partial charge in [-0.25, -0.2) is 0 Å². The van der Waals surface area contributed by atoms with Crippen LogP contribution in [0.5, 0.6) is 0 Å². The number of alkyl halides is 1. The number of benzene rings is 1. The fourth-order valence-electron chi connectivity index (χ4n) is 2.66. The van der Waals surface area contributed by atoms with E-state index in [1.807, 2.05) is 18.2 Å². The van der Waals surface area contributed by atoms with Gasteiger partial charge in [-0.2, -0.15) is 0 Å². The van der Waals surface area contributed by atoms with Crippen LogP contribution in [0.4, 0.5) is 0 Å². The van der Waals surface area contributed by atoms with Crippen LogP contribution in [-0.2, 0) is 6.54 Å². The highest BCUT2D eigenvalue weighted by Crippen LogP contribution is 2.32. The molecule has 2 atom stereocenters. The molecule has 1 saturated carbocycles. The Kier molecular flexibility index (Phi) is 5.62. The Morgan fingerprint density at radius 3 is 2.72 bits per heavy atom. The van der Waals surface area contributed by atoms with Gasteiger partial charge in [0.05, 0.1) is 0 Å². The topological polar surface area (TPSA) is 12.0 Å². The zero-order valence-electron chi connectivity index (χ0n) is 10.3. The first-order valence-corrected chi connectivity index (χ1v) is 7.70. The van der Waals surface area contributed by atoms with Gasteiger partial charge in [0.15, 0.2) is 0 Å². The van der Waals surface area contributed by atoms with Crippen molar-refractivity contribution < 1.29 is 0 Å². The molecule has 0 radical (unpaired) electrons. The van der Waals surface area contributed by atoms with E-state index < -0.39 is 0 Å². The Hall–Kier alpha value is 0.0500. The standard InChI is InChI=1S/C14H18Cl3N/c15-7-10-2-1-3-11(10)8-18-9-12-6-13(16)4-5-14(12)17/h4-6,10-11,18H,1-3,7-9H2. The zero-order chi connectivity index (χ0) is 13.0. The molecule has 0 aromatic heterocycles. The third-order valence-corrected chi connectivity index (χ3v) is 4.74. The van der Waals surface area contributed by atoms with E-state index in [2.05, 4.69) is 5.32 Å². The Morgan fingerprint density at radius 2 is 1.94 bits per heavy atom. The molecule has 1 aromatic rings. The lowest BCUT2D eigenvalue weighted by Crippen LogP contribution is -2.25. The highest BCUT2D eigenvalue weighted by Gasteiger charge is 2.25. The summed E-state index contributed by atoms with van der Waals surface area (Å²) in [6.07, 6.45) is 3.86. The fraction of sp³-hybridized carbons (Fsp3) is 0.571.